The fourth-order valence-electron chi connectivity index (χ4n) is 1.81. The Kier molecular flexibility index (Phi) is 5.79. The first-order chi connectivity index (χ1) is 11.8. The van der Waals surface area contributed by atoms with E-state index in [2.05, 4.69) is 0 Å². The van der Waals surface area contributed by atoms with Gasteiger partial charge in [0, 0.05) is 0 Å². The van der Waals surface area contributed by atoms with Gasteiger partial charge in [-0.25, -0.2) is 22.0 Å². The minimum Gasteiger partial charge on any atom is -0.493 e. The summed E-state index contributed by atoms with van der Waals surface area (Å²) in [6.07, 6.45) is -0.212. The van der Waals surface area contributed by atoms with E-state index >= 15 is 0 Å². The predicted molar refractivity (Wildman–Crippen MR) is 79.3 cm³/mol. The lowest BCUT2D eigenvalue weighted by Crippen LogP contribution is -2.31. The van der Waals surface area contributed by atoms with Crippen LogP contribution in [0.1, 0.15) is 12.0 Å². The molecule has 0 aromatic heterocycles. The van der Waals surface area contributed by atoms with Crippen molar-refractivity contribution in [1.29, 1.82) is 0 Å². The minimum absolute atomic E-state index is 0.0479. The number of carbonyl (C=O) groups is 1. The molecule has 134 valence electrons. The maximum absolute atomic E-state index is 13.4. The Morgan fingerprint density at radius 2 is 1.44 bits per heavy atom. The van der Waals surface area contributed by atoms with Crippen molar-refractivity contribution in [1.82, 2.24) is 5.43 Å². The zero-order chi connectivity index (χ0) is 18.6. The van der Waals surface area contributed by atoms with Gasteiger partial charge in [-0.1, -0.05) is 17.7 Å². The molecule has 2 rings (SSSR count). The van der Waals surface area contributed by atoms with E-state index in [1.54, 1.807) is 29.7 Å². The van der Waals surface area contributed by atoms with Gasteiger partial charge in [0.2, 0.25) is 11.7 Å². The molecule has 0 bridgehead atoms. The lowest BCUT2D eigenvalue weighted by Gasteiger charge is -2.12. The number of ether oxygens (including phenoxy) is 1. The Bertz CT molecular complexity index is 752. The van der Waals surface area contributed by atoms with Crippen LogP contribution in [0.25, 0.3) is 0 Å². The van der Waals surface area contributed by atoms with E-state index in [1.165, 1.54) is 0 Å². The molecule has 0 heterocycles. The molecule has 0 aliphatic rings. The number of hydrogen-bond donors (Lipinski definition) is 2. The summed E-state index contributed by atoms with van der Waals surface area (Å²) in [6, 6.07) is 7.00. The topological polar surface area (TPSA) is 50.4 Å². The summed E-state index contributed by atoms with van der Waals surface area (Å²) in [5.74, 6) is -10.9. The van der Waals surface area contributed by atoms with Crippen LogP contribution in [0, 0.1) is 36.0 Å². The normalized spacial score (nSPS) is 10.5. The number of amides is 1. The highest BCUT2D eigenvalue weighted by atomic mass is 19.2. The highest BCUT2D eigenvalue weighted by Crippen LogP contribution is 2.26. The Morgan fingerprint density at radius 1 is 0.920 bits per heavy atom. The first-order valence-electron chi connectivity index (χ1n) is 7.07. The first-order valence-corrected chi connectivity index (χ1v) is 7.07. The highest BCUT2D eigenvalue weighted by molar-refractivity contribution is 5.77. The number of hydrogen-bond acceptors (Lipinski definition) is 3. The van der Waals surface area contributed by atoms with Gasteiger partial charge in [-0.05, 0) is 19.1 Å². The second-order valence-corrected chi connectivity index (χ2v) is 5.03. The molecule has 4 nitrogen and oxygen atoms in total. The predicted octanol–water partition coefficient (Wildman–Crippen LogP) is 3.60. The van der Waals surface area contributed by atoms with E-state index < -0.39 is 40.7 Å². The van der Waals surface area contributed by atoms with E-state index in [0.717, 1.165) is 5.56 Å². The number of nitrogens with one attached hydrogen (secondary N) is 2. The average molecular weight is 360 g/mol. The van der Waals surface area contributed by atoms with Gasteiger partial charge < -0.3 is 4.74 Å². The highest BCUT2D eigenvalue weighted by Gasteiger charge is 2.25. The third kappa shape index (κ3) is 4.37. The van der Waals surface area contributed by atoms with Gasteiger partial charge in [0.1, 0.15) is 11.4 Å². The summed E-state index contributed by atoms with van der Waals surface area (Å²) >= 11 is 0. The number of anilines is 1. The third-order valence-electron chi connectivity index (χ3n) is 3.16. The SMILES string of the molecule is Cc1ccc(OCCC(=O)NNc2c(F)c(F)c(F)c(F)c2F)cc1. The molecule has 0 saturated carbocycles. The number of rotatable bonds is 6. The van der Waals surface area contributed by atoms with E-state index in [1.807, 2.05) is 12.3 Å². The second-order valence-electron chi connectivity index (χ2n) is 5.03. The molecular weight excluding hydrogens is 347 g/mol. The molecule has 0 saturated heterocycles. The minimum atomic E-state index is -2.28. The molecular formula is C16H13F5N2O2. The number of carbonyl (C=O) groups excluding carboxylic acids is 1. The van der Waals surface area contributed by atoms with Crippen LogP contribution in [0.4, 0.5) is 27.6 Å². The Morgan fingerprint density at radius 3 is 2.00 bits per heavy atom. The fourth-order valence-corrected chi connectivity index (χ4v) is 1.81. The van der Waals surface area contributed by atoms with Gasteiger partial charge in [0.25, 0.3) is 0 Å². The lowest BCUT2D eigenvalue weighted by atomic mass is 10.2. The molecule has 0 aliphatic carbocycles. The van der Waals surface area contributed by atoms with Crippen LogP contribution in [0.5, 0.6) is 5.75 Å². The van der Waals surface area contributed by atoms with Crippen molar-refractivity contribution in [2.24, 2.45) is 0 Å². The summed E-state index contributed by atoms with van der Waals surface area (Å²) in [6.45, 7) is 1.84. The zero-order valence-corrected chi connectivity index (χ0v) is 12.9. The molecule has 0 spiro atoms. The summed E-state index contributed by atoms with van der Waals surface area (Å²) in [5.41, 5.74) is 3.22. The van der Waals surface area contributed by atoms with E-state index in [0.29, 0.717) is 5.75 Å². The first kappa shape index (κ1) is 18.5. The van der Waals surface area contributed by atoms with Crippen molar-refractivity contribution in [3.8, 4) is 5.75 Å². The molecule has 25 heavy (non-hydrogen) atoms. The van der Waals surface area contributed by atoms with Crippen LogP contribution in [-0.2, 0) is 4.79 Å². The molecule has 0 unspecified atom stereocenters. The van der Waals surface area contributed by atoms with Crippen molar-refractivity contribution >= 4 is 11.6 Å². The van der Waals surface area contributed by atoms with Crippen LogP contribution in [0.3, 0.4) is 0 Å². The number of halogens is 5. The molecule has 1 amide bonds. The number of benzene rings is 2. The molecule has 2 aromatic carbocycles. The summed E-state index contributed by atoms with van der Waals surface area (Å²) in [5, 5.41) is 0. The quantitative estimate of drug-likeness (QED) is 0.358. The van der Waals surface area contributed by atoms with E-state index in [-0.39, 0.29) is 13.0 Å². The zero-order valence-electron chi connectivity index (χ0n) is 12.9. The van der Waals surface area contributed by atoms with Crippen molar-refractivity contribution in [3.63, 3.8) is 0 Å². The van der Waals surface area contributed by atoms with Gasteiger partial charge in [0.15, 0.2) is 23.3 Å². The molecule has 0 radical (unpaired) electrons. The molecule has 0 aliphatic heterocycles. The van der Waals surface area contributed by atoms with Gasteiger partial charge in [0.05, 0.1) is 13.0 Å². The van der Waals surface area contributed by atoms with Gasteiger partial charge in [-0.3, -0.25) is 15.6 Å². The van der Waals surface area contributed by atoms with Crippen molar-refractivity contribution in [3.05, 3.63) is 58.9 Å². The second kappa shape index (κ2) is 7.82. The standard InChI is InChI=1S/C16H13F5N2O2/c1-8-2-4-9(5-3-8)25-7-6-10(24)22-23-16-14(20)12(18)11(17)13(19)15(16)21/h2-5,23H,6-7H2,1H3,(H,22,24). The van der Waals surface area contributed by atoms with Gasteiger partial charge >= 0.3 is 0 Å². The summed E-state index contributed by atoms with van der Waals surface area (Å²) in [7, 11) is 0. The van der Waals surface area contributed by atoms with E-state index in [9.17, 15) is 26.7 Å². The molecule has 2 aromatic rings. The number of hydrazine groups is 1. The maximum Gasteiger partial charge on any atom is 0.241 e. The van der Waals surface area contributed by atoms with E-state index in [4.69, 9.17) is 4.74 Å². The summed E-state index contributed by atoms with van der Waals surface area (Å²) in [4.78, 5) is 11.6. The van der Waals surface area contributed by atoms with Gasteiger partial charge in [-0.15, -0.1) is 0 Å². The van der Waals surface area contributed by atoms with Crippen LogP contribution < -0.4 is 15.6 Å². The lowest BCUT2D eigenvalue weighted by molar-refractivity contribution is -0.121. The van der Waals surface area contributed by atoms with Crippen molar-refractivity contribution < 1.29 is 31.5 Å². The molecule has 0 fully saturated rings. The monoisotopic (exact) mass is 360 g/mol. The largest absolute Gasteiger partial charge is 0.493 e. The number of aryl methyl sites for hydroxylation is 1. The van der Waals surface area contributed by atoms with Crippen LogP contribution in [0.2, 0.25) is 0 Å². The van der Waals surface area contributed by atoms with Crippen LogP contribution >= 0.6 is 0 Å². The van der Waals surface area contributed by atoms with Crippen molar-refractivity contribution in [2.45, 2.75) is 13.3 Å². The van der Waals surface area contributed by atoms with Crippen LogP contribution in [-0.4, -0.2) is 12.5 Å². The molecule has 9 heteroatoms. The van der Waals surface area contributed by atoms with Crippen molar-refractivity contribution in [2.75, 3.05) is 12.0 Å². The molecule has 2 N–H and O–H groups in total. The fraction of sp³-hybridized carbons (Fsp3) is 0.188. The third-order valence-corrected chi connectivity index (χ3v) is 3.16. The Balaban J connectivity index is 1.89. The smallest absolute Gasteiger partial charge is 0.241 e. The maximum atomic E-state index is 13.4. The average Bonchev–Trinajstić information content (AvgIpc) is 2.60. The van der Waals surface area contributed by atoms with Gasteiger partial charge in [-0.2, -0.15) is 0 Å². The van der Waals surface area contributed by atoms with Crippen LogP contribution in [0.15, 0.2) is 24.3 Å². The Labute approximate surface area is 139 Å². The summed E-state index contributed by atoms with van der Waals surface area (Å²) < 4.78 is 71.0. The Hall–Kier alpha value is -2.84. The molecule has 0 atom stereocenters.